The number of pyridine rings is 2. The summed E-state index contributed by atoms with van der Waals surface area (Å²) in [6, 6.07) is 19.5. The molecule has 270 valence electrons. The van der Waals surface area contributed by atoms with Crippen LogP contribution in [0.4, 0.5) is 0 Å². The lowest BCUT2D eigenvalue weighted by molar-refractivity contribution is -0.124. The number of hydrogen-bond donors (Lipinski definition) is 4. The minimum atomic E-state index is -0.228. The lowest BCUT2D eigenvalue weighted by Crippen LogP contribution is -2.50. The van der Waals surface area contributed by atoms with E-state index in [1.165, 1.54) is 0 Å². The Kier molecular flexibility index (Phi) is 9.14. The third-order valence-electron chi connectivity index (χ3n) is 11.4. The molecular weight excluding hydrogens is 699 g/mol. The highest BCUT2D eigenvalue weighted by molar-refractivity contribution is 6.39. The second kappa shape index (κ2) is 13.6. The van der Waals surface area contributed by atoms with Gasteiger partial charge in [-0.25, -0.2) is 9.97 Å². The van der Waals surface area contributed by atoms with Crippen molar-refractivity contribution in [3.05, 3.63) is 81.8 Å². The largest absolute Gasteiger partial charge is 0.481 e. The number of carbonyl (C=O) groups is 2. The summed E-state index contributed by atoms with van der Waals surface area (Å²) >= 11 is 14.3. The summed E-state index contributed by atoms with van der Waals surface area (Å²) in [5, 5.41) is 14.4. The van der Waals surface area contributed by atoms with Crippen LogP contribution >= 0.6 is 23.2 Å². The fraction of sp³-hybridized carbons (Fsp3) is 0.400. The van der Waals surface area contributed by atoms with Gasteiger partial charge in [0.15, 0.2) is 0 Å². The van der Waals surface area contributed by atoms with Crippen molar-refractivity contribution in [1.29, 1.82) is 0 Å². The number of aromatic nitrogens is 2. The van der Waals surface area contributed by atoms with Gasteiger partial charge in [-0.05, 0) is 50.7 Å². The fourth-order valence-electron chi connectivity index (χ4n) is 8.49. The van der Waals surface area contributed by atoms with Gasteiger partial charge in [-0.2, -0.15) is 0 Å². The van der Waals surface area contributed by atoms with Crippen molar-refractivity contribution in [2.24, 2.45) is 17.8 Å². The van der Waals surface area contributed by atoms with Gasteiger partial charge in [-0.3, -0.25) is 9.59 Å². The standard InChI is InChI=1S/C40H42Cl2N6O4/c1-39(30-16-29(30)36(50)47-39)20-43-18-23-10-12-31(45-37(23)51-2)27-8-4-6-25(33(27)41)26-7-5-9-28(34(26)42)32-13-11-24(38(46-32)52-3)19-44-21-40-15-14-22(17-40)35(49)48-40/h4-13,22,29-30,43-44H,14-21H2,1-3H3,(H,47,50)(H,48,49)/t22-,29-,30?,39+,40+/m1/s1. The van der Waals surface area contributed by atoms with Crippen LogP contribution in [0.2, 0.25) is 10.0 Å². The van der Waals surface area contributed by atoms with Crippen molar-refractivity contribution in [3.8, 4) is 45.4 Å². The van der Waals surface area contributed by atoms with Gasteiger partial charge >= 0.3 is 0 Å². The summed E-state index contributed by atoms with van der Waals surface area (Å²) in [6.45, 7) is 4.60. The first-order chi connectivity index (χ1) is 25.1. The monoisotopic (exact) mass is 740 g/mol. The molecule has 2 aromatic heterocycles. The van der Waals surface area contributed by atoms with Crippen LogP contribution in [0.1, 0.15) is 43.7 Å². The van der Waals surface area contributed by atoms with Crippen LogP contribution in [0.3, 0.4) is 0 Å². The van der Waals surface area contributed by atoms with Gasteiger partial charge in [0, 0.05) is 71.4 Å². The Morgan fingerprint density at radius 3 is 1.79 bits per heavy atom. The summed E-state index contributed by atoms with van der Waals surface area (Å²) in [7, 11) is 3.22. The number of nitrogens with one attached hydrogen (secondary N) is 4. The predicted molar refractivity (Wildman–Crippen MR) is 201 cm³/mol. The molecule has 2 bridgehead atoms. The number of piperidine rings is 2. The third kappa shape index (κ3) is 6.29. The van der Waals surface area contributed by atoms with Crippen LogP contribution < -0.4 is 30.7 Å². The molecule has 2 aliphatic heterocycles. The van der Waals surface area contributed by atoms with Crippen molar-refractivity contribution >= 4 is 35.0 Å². The van der Waals surface area contributed by atoms with Crippen molar-refractivity contribution in [2.45, 2.75) is 56.8 Å². The maximum Gasteiger partial charge on any atom is 0.223 e. The molecule has 2 saturated heterocycles. The first kappa shape index (κ1) is 34.8. The van der Waals surface area contributed by atoms with E-state index in [0.29, 0.717) is 65.3 Å². The molecule has 12 heteroatoms. The first-order valence-corrected chi connectivity index (χ1v) is 18.6. The van der Waals surface area contributed by atoms with Crippen molar-refractivity contribution < 1.29 is 19.1 Å². The van der Waals surface area contributed by atoms with Crippen LogP contribution in [0.25, 0.3) is 33.6 Å². The normalized spacial score (nSPS) is 25.5. The Balaban J connectivity index is 0.989. The summed E-state index contributed by atoms with van der Waals surface area (Å²) in [5.74, 6) is 2.10. The molecule has 4 heterocycles. The highest BCUT2D eigenvalue weighted by Crippen LogP contribution is 2.51. The quantitative estimate of drug-likeness (QED) is 0.128. The van der Waals surface area contributed by atoms with Crippen LogP contribution in [-0.2, 0) is 22.7 Å². The van der Waals surface area contributed by atoms with Gasteiger partial charge in [-0.1, -0.05) is 71.7 Å². The fourth-order valence-corrected chi connectivity index (χ4v) is 9.14. The zero-order chi connectivity index (χ0) is 36.2. The number of nitrogens with zero attached hydrogens (tertiary/aromatic N) is 2. The number of halogens is 2. The summed E-state index contributed by atoms with van der Waals surface area (Å²) in [5.41, 5.74) is 5.85. The predicted octanol–water partition coefficient (Wildman–Crippen LogP) is 6.17. The molecule has 5 atom stereocenters. The number of carbonyl (C=O) groups excluding carboxylic acids is 2. The number of rotatable bonds is 13. The van der Waals surface area contributed by atoms with E-state index in [0.717, 1.165) is 59.1 Å². The van der Waals surface area contributed by atoms with Crippen LogP contribution in [0, 0.1) is 17.8 Å². The summed E-state index contributed by atoms with van der Waals surface area (Å²) in [4.78, 5) is 33.9. The number of methoxy groups -OCH3 is 2. The van der Waals surface area contributed by atoms with Crippen molar-refractivity contribution in [3.63, 3.8) is 0 Å². The third-order valence-corrected chi connectivity index (χ3v) is 12.2. The number of benzene rings is 2. The molecule has 1 unspecified atom stereocenters. The Bertz CT molecular complexity index is 1960. The summed E-state index contributed by atoms with van der Waals surface area (Å²) in [6.07, 6.45) is 3.84. The minimum absolute atomic E-state index is 0.145. The second-order valence-electron chi connectivity index (χ2n) is 14.8. The smallest absolute Gasteiger partial charge is 0.223 e. The Labute approximate surface area is 313 Å². The zero-order valence-corrected chi connectivity index (χ0v) is 31.0. The van der Waals surface area contributed by atoms with E-state index in [1.54, 1.807) is 14.2 Å². The topological polar surface area (TPSA) is 126 Å². The maximum absolute atomic E-state index is 12.1. The molecule has 4 aliphatic rings. The van der Waals surface area contributed by atoms with E-state index in [2.05, 4.69) is 28.2 Å². The van der Waals surface area contributed by atoms with Crippen LogP contribution in [0.15, 0.2) is 60.7 Å². The van der Waals surface area contributed by atoms with Crippen molar-refractivity contribution in [1.82, 2.24) is 31.2 Å². The lowest BCUT2D eigenvalue weighted by atomic mass is 9.97. The Hall–Kier alpha value is -4.22. The molecule has 0 spiro atoms. The molecule has 4 N–H and O–H groups in total. The highest BCUT2D eigenvalue weighted by Gasteiger charge is 2.60. The number of ether oxygens (including phenoxy) is 2. The van der Waals surface area contributed by atoms with Gasteiger partial charge in [0.05, 0.1) is 46.7 Å². The molecule has 2 aliphatic carbocycles. The van der Waals surface area contributed by atoms with E-state index in [9.17, 15) is 9.59 Å². The average molecular weight is 742 g/mol. The molecule has 2 aromatic carbocycles. The van der Waals surface area contributed by atoms with E-state index in [-0.39, 0.29) is 34.7 Å². The molecule has 8 rings (SSSR count). The van der Waals surface area contributed by atoms with E-state index >= 15 is 0 Å². The molecule has 0 radical (unpaired) electrons. The maximum atomic E-state index is 12.1. The zero-order valence-electron chi connectivity index (χ0n) is 29.4. The van der Waals surface area contributed by atoms with Gasteiger partial charge in [0.1, 0.15) is 0 Å². The van der Waals surface area contributed by atoms with E-state index in [4.69, 9.17) is 42.6 Å². The SMILES string of the molecule is COc1nc(-c2cccc(-c3cccc(-c4ccc(CNC[C@]5(C)NC(=O)[C@@H]6CC65)c(OC)n4)c3Cl)c2Cl)ccc1CNC[C@]12CC[C@H](C1)C(=O)N2. The van der Waals surface area contributed by atoms with Crippen LogP contribution in [-0.4, -0.2) is 60.2 Å². The minimum Gasteiger partial charge on any atom is -0.481 e. The van der Waals surface area contributed by atoms with Crippen LogP contribution in [0.5, 0.6) is 11.8 Å². The van der Waals surface area contributed by atoms with E-state index < -0.39 is 0 Å². The Morgan fingerprint density at radius 1 is 0.769 bits per heavy atom. The number of fused-ring (bicyclic) bond motifs is 3. The van der Waals surface area contributed by atoms with Gasteiger partial charge in [-0.15, -0.1) is 0 Å². The lowest BCUT2D eigenvalue weighted by Gasteiger charge is -2.28. The van der Waals surface area contributed by atoms with Gasteiger partial charge in [0.25, 0.3) is 0 Å². The Morgan fingerprint density at radius 2 is 1.33 bits per heavy atom. The van der Waals surface area contributed by atoms with Gasteiger partial charge in [0.2, 0.25) is 23.6 Å². The number of amides is 2. The highest BCUT2D eigenvalue weighted by atomic mass is 35.5. The second-order valence-corrected chi connectivity index (χ2v) is 15.6. The first-order valence-electron chi connectivity index (χ1n) is 17.8. The molecule has 2 saturated carbocycles. The molecule has 10 nitrogen and oxygen atoms in total. The molecule has 4 fully saturated rings. The van der Waals surface area contributed by atoms with Gasteiger partial charge < -0.3 is 30.7 Å². The average Bonchev–Trinajstić information content (AvgIpc) is 3.70. The molecule has 4 aromatic rings. The summed E-state index contributed by atoms with van der Waals surface area (Å²) < 4.78 is 11.4. The molecule has 2 amide bonds. The van der Waals surface area contributed by atoms with Crippen molar-refractivity contribution in [2.75, 3.05) is 27.3 Å². The van der Waals surface area contributed by atoms with E-state index in [1.807, 2.05) is 60.7 Å². The molecule has 52 heavy (non-hydrogen) atoms. The molecular formula is C40H42Cl2N6O4. The number of hydrogen-bond acceptors (Lipinski definition) is 8.